The monoisotopic (exact) mass is 282 g/mol. The quantitative estimate of drug-likeness (QED) is 0.669. The van der Waals surface area contributed by atoms with Gasteiger partial charge >= 0.3 is 0 Å². The van der Waals surface area contributed by atoms with Gasteiger partial charge in [0.2, 0.25) is 5.91 Å². The SMILES string of the molecule is Cc1ccc(CC(=O)N/N=C/c2cccc(O)c2)c(C)c1. The summed E-state index contributed by atoms with van der Waals surface area (Å²) in [6.07, 6.45) is 1.79. The molecule has 0 atom stereocenters. The number of benzene rings is 2. The number of nitrogens with one attached hydrogen (secondary N) is 1. The summed E-state index contributed by atoms with van der Waals surface area (Å²) in [5, 5.41) is 13.2. The zero-order chi connectivity index (χ0) is 15.2. The molecule has 0 spiro atoms. The number of phenols is 1. The number of phenolic OH excluding ortho intramolecular Hbond substituents is 1. The van der Waals surface area contributed by atoms with Crippen LogP contribution >= 0.6 is 0 Å². The van der Waals surface area contributed by atoms with E-state index < -0.39 is 0 Å². The van der Waals surface area contributed by atoms with Crippen LogP contribution in [0.5, 0.6) is 5.75 Å². The predicted octanol–water partition coefficient (Wildman–Crippen LogP) is 2.70. The largest absolute Gasteiger partial charge is 0.508 e. The van der Waals surface area contributed by atoms with Crippen LogP contribution in [0.15, 0.2) is 47.6 Å². The summed E-state index contributed by atoms with van der Waals surface area (Å²) in [6, 6.07) is 12.7. The van der Waals surface area contributed by atoms with Gasteiger partial charge in [-0.05, 0) is 42.7 Å². The van der Waals surface area contributed by atoms with Gasteiger partial charge in [0.05, 0.1) is 12.6 Å². The lowest BCUT2D eigenvalue weighted by Crippen LogP contribution is -2.20. The standard InChI is InChI=1S/C17H18N2O2/c1-12-6-7-15(13(2)8-12)10-17(21)19-18-11-14-4-3-5-16(20)9-14/h3-9,11,20H,10H2,1-2H3,(H,19,21)/b18-11+. The number of aromatic hydroxyl groups is 1. The second kappa shape index (κ2) is 6.70. The van der Waals surface area contributed by atoms with Gasteiger partial charge in [-0.25, -0.2) is 5.43 Å². The van der Waals surface area contributed by atoms with E-state index in [4.69, 9.17) is 0 Å². The number of hydrogen-bond acceptors (Lipinski definition) is 3. The number of hydrogen-bond donors (Lipinski definition) is 2. The van der Waals surface area contributed by atoms with Gasteiger partial charge in [0.25, 0.3) is 0 Å². The minimum Gasteiger partial charge on any atom is -0.508 e. The van der Waals surface area contributed by atoms with E-state index in [1.54, 1.807) is 24.3 Å². The van der Waals surface area contributed by atoms with E-state index in [0.717, 1.165) is 16.7 Å². The van der Waals surface area contributed by atoms with Crippen molar-refractivity contribution in [1.82, 2.24) is 5.43 Å². The smallest absolute Gasteiger partial charge is 0.244 e. The van der Waals surface area contributed by atoms with Crippen molar-refractivity contribution in [3.05, 3.63) is 64.7 Å². The fourth-order valence-corrected chi connectivity index (χ4v) is 2.04. The van der Waals surface area contributed by atoms with Gasteiger partial charge in [-0.2, -0.15) is 5.10 Å². The van der Waals surface area contributed by atoms with Gasteiger partial charge in [0.1, 0.15) is 5.75 Å². The molecule has 0 heterocycles. The van der Waals surface area contributed by atoms with E-state index in [2.05, 4.69) is 16.6 Å². The van der Waals surface area contributed by atoms with Crippen LogP contribution in [-0.4, -0.2) is 17.2 Å². The number of carbonyl (C=O) groups is 1. The Bertz CT molecular complexity index is 678. The summed E-state index contributed by atoms with van der Waals surface area (Å²) >= 11 is 0. The number of nitrogens with zero attached hydrogens (tertiary/aromatic N) is 1. The first-order valence-electron chi connectivity index (χ1n) is 6.71. The van der Waals surface area contributed by atoms with Crippen molar-refractivity contribution in [1.29, 1.82) is 0 Å². The average molecular weight is 282 g/mol. The molecule has 0 bridgehead atoms. The highest BCUT2D eigenvalue weighted by molar-refractivity contribution is 5.83. The van der Waals surface area contributed by atoms with E-state index in [1.165, 1.54) is 11.8 Å². The first-order chi connectivity index (χ1) is 10.0. The summed E-state index contributed by atoms with van der Waals surface area (Å²) in [4.78, 5) is 11.8. The summed E-state index contributed by atoms with van der Waals surface area (Å²) in [6.45, 7) is 4.02. The first-order valence-corrected chi connectivity index (χ1v) is 6.71. The maximum atomic E-state index is 11.8. The van der Waals surface area contributed by atoms with Crippen molar-refractivity contribution in [2.24, 2.45) is 5.10 Å². The van der Waals surface area contributed by atoms with Crippen LogP contribution in [0.1, 0.15) is 22.3 Å². The summed E-state index contributed by atoms with van der Waals surface area (Å²) < 4.78 is 0. The third-order valence-electron chi connectivity index (χ3n) is 3.12. The molecule has 0 radical (unpaired) electrons. The molecule has 0 fully saturated rings. The Balaban J connectivity index is 1.93. The molecule has 108 valence electrons. The number of amides is 1. The predicted molar refractivity (Wildman–Crippen MR) is 83.5 cm³/mol. The molecule has 0 aliphatic heterocycles. The highest BCUT2D eigenvalue weighted by Gasteiger charge is 2.05. The average Bonchev–Trinajstić information content (AvgIpc) is 2.42. The van der Waals surface area contributed by atoms with Crippen LogP contribution in [0, 0.1) is 13.8 Å². The fourth-order valence-electron chi connectivity index (χ4n) is 2.04. The summed E-state index contributed by atoms with van der Waals surface area (Å²) in [7, 11) is 0. The molecule has 0 saturated heterocycles. The molecule has 0 unspecified atom stereocenters. The molecule has 2 rings (SSSR count). The molecule has 0 aliphatic carbocycles. The van der Waals surface area contributed by atoms with E-state index in [-0.39, 0.29) is 11.7 Å². The molecular weight excluding hydrogens is 264 g/mol. The van der Waals surface area contributed by atoms with Crippen molar-refractivity contribution in [3.8, 4) is 5.75 Å². The molecule has 0 aliphatic rings. The highest BCUT2D eigenvalue weighted by atomic mass is 16.3. The maximum absolute atomic E-state index is 11.8. The van der Waals surface area contributed by atoms with Crippen LogP contribution in [0.2, 0.25) is 0 Å². The summed E-state index contributed by atoms with van der Waals surface area (Å²) in [5.74, 6) is -0.00101. The van der Waals surface area contributed by atoms with Gasteiger partial charge < -0.3 is 5.11 Å². The van der Waals surface area contributed by atoms with Crippen molar-refractivity contribution in [3.63, 3.8) is 0 Å². The third kappa shape index (κ3) is 4.45. The van der Waals surface area contributed by atoms with Crippen LogP contribution in [-0.2, 0) is 11.2 Å². The molecule has 2 aromatic carbocycles. The molecule has 2 aromatic rings. The van der Waals surface area contributed by atoms with Gasteiger partial charge in [0, 0.05) is 0 Å². The number of aryl methyl sites for hydroxylation is 2. The molecular formula is C17H18N2O2. The van der Waals surface area contributed by atoms with E-state index >= 15 is 0 Å². The fraction of sp³-hybridized carbons (Fsp3) is 0.176. The number of rotatable bonds is 4. The van der Waals surface area contributed by atoms with Crippen molar-refractivity contribution in [2.75, 3.05) is 0 Å². The molecule has 4 nitrogen and oxygen atoms in total. The highest BCUT2D eigenvalue weighted by Crippen LogP contribution is 2.11. The number of hydrazone groups is 1. The maximum Gasteiger partial charge on any atom is 0.244 e. The zero-order valence-corrected chi connectivity index (χ0v) is 12.1. The second-order valence-electron chi connectivity index (χ2n) is 4.99. The Kier molecular flexibility index (Phi) is 4.72. The Morgan fingerprint density at radius 1 is 1.24 bits per heavy atom. The van der Waals surface area contributed by atoms with E-state index in [1.807, 2.05) is 26.0 Å². The van der Waals surface area contributed by atoms with Crippen LogP contribution < -0.4 is 5.43 Å². The van der Waals surface area contributed by atoms with Crippen LogP contribution in [0.3, 0.4) is 0 Å². The Labute approximate surface area is 124 Å². The van der Waals surface area contributed by atoms with Crippen molar-refractivity contribution in [2.45, 2.75) is 20.3 Å². The Morgan fingerprint density at radius 3 is 2.76 bits per heavy atom. The minimum absolute atomic E-state index is 0.167. The molecule has 1 amide bonds. The van der Waals surface area contributed by atoms with Gasteiger partial charge in [-0.1, -0.05) is 35.9 Å². The lowest BCUT2D eigenvalue weighted by Gasteiger charge is -2.05. The molecule has 4 heteroatoms. The third-order valence-corrected chi connectivity index (χ3v) is 3.12. The van der Waals surface area contributed by atoms with E-state index in [0.29, 0.717) is 6.42 Å². The lowest BCUT2D eigenvalue weighted by molar-refractivity contribution is -0.120. The van der Waals surface area contributed by atoms with Gasteiger partial charge in [-0.15, -0.1) is 0 Å². The lowest BCUT2D eigenvalue weighted by atomic mass is 10.0. The van der Waals surface area contributed by atoms with Gasteiger partial charge in [0.15, 0.2) is 0 Å². The van der Waals surface area contributed by atoms with Crippen molar-refractivity contribution >= 4 is 12.1 Å². The molecule has 2 N–H and O–H groups in total. The van der Waals surface area contributed by atoms with Crippen molar-refractivity contribution < 1.29 is 9.90 Å². The van der Waals surface area contributed by atoms with E-state index in [9.17, 15) is 9.90 Å². The normalized spacial score (nSPS) is 10.8. The Hall–Kier alpha value is -2.62. The second-order valence-corrected chi connectivity index (χ2v) is 4.99. The summed E-state index contributed by atoms with van der Waals surface area (Å²) in [5.41, 5.74) is 6.48. The number of carbonyl (C=O) groups excluding carboxylic acids is 1. The molecule has 0 aromatic heterocycles. The minimum atomic E-state index is -0.168. The first kappa shape index (κ1) is 14.8. The van der Waals surface area contributed by atoms with Crippen LogP contribution in [0.25, 0.3) is 0 Å². The zero-order valence-electron chi connectivity index (χ0n) is 12.1. The molecule has 0 saturated carbocycles. The molecule has 21 heavy (non-hydrogen) atoms. The van der Waals surface area contributed by atoms with Crippen LogP contribution in [0.4, 0.5) is 0 Å². The Morgan fingerprint density at radius 2 is 2.05 bits per heavy atom. The topological polar surface area (TPSA) is 61.7 Å². The van der Waals surface area contributed by atoms with Gasteiger partial charge in [-0.3, -0.25) is 4.79 Å².